The average Bonchev–Trinajstić information content (AvgIpc) is 4.09. The van der Waals surface area contributed by atoms with Crippen molar-refractivity contribution < 1.29 is 46.5 Å². The van der Waals surface area contributed by atoms with Crippen LogP contribution in [0.2, 0.25) is 0 Å². The van der Waals surface area contributed by atoms with Crippen LogP contribution in [0.1, 0.15) is 73.6 Å². The van der Waals surface area contributed by atoms with Crippen LogP contribution in [0, 0.1) is 11.3 Å². The van der Waals surface area contributed by atoms with E-state index in [4.69, 9.17) is 23.9 Å². The highest BCUT2D eigenvalue weighted by molar-refractivity contribution is 7.91. The molecule has 2 aliphatic carbocycles. The largest absolute Gasteiger partial charge is 0.497 e. The van der Waals surface area contributed by atoms with Crippen molar-refractivity contribution in [3.05, 3.63) is 67.3 Å². The van der Waals surface area contributed by atoms with Crippen LogP contribution >= 0.6 is 0 Å². The average molecular weight is 848 g/mol. The summed E-state index contributed by atoms with van der Waals surface area (Å²) in [7, 11) is -1.09. The number of aromatic nitrogens is 1. The quantitative estimate of drug-likeness (QED) is 0.169. The van der Waals surface area contributed by atoms with Crippen LogP contribution in [0.3, 0.4) is 0 Å². The maximum atomic E-state index is 14.8. The van der Waals surface area contributed by atoms with Crippen LogP contribution in [-0.4, -0.2) is 104 Å². The Morgan fingerprint density at radius 3 is 2.30 bits per heavy atom. The van der Waals surface area contributed by atoms with Crippen molar-refractivity contribution in [2.45, 2.75) is 108 Å². The number of ether oxygens (including phenoxy) is 4. The van der Waals surface area contributed by atoms with Gasteiger partial charge in [-0.05, 0) is 64.0 Å². The fourth-order valence-corrected chi connectivity index (χ4v) is 9.33. The summed E-state index contributed by atoms with van der Waals surface area (Å²) in [5.41, 5.74) is -1.25. The first-order valence-electron chi connectivity index (χ1n) is 20.2. The minimum Gasteiger partial charge on any atom is -0.497 e. The van der Waals surface area contributed by atoms with Crippen LogP contribution < -0.4 is 24.8 Å². The lowest BCUT2D eigenvalue weighted by Gasteiger charge is -2.36. The number of fused-ring (bicyclic) bond motifs is 1. The van der Waals surface area contributed by atoms with E-state index >= 15 is 0 Å². The van der Waals surface area contributed by atoms with Gasteiger partial charge in [-0.25, -0.2) is 18.2 Å². The van der Waals surface area contributed by atoms with Gasteiger partial charge in [0.15, 0.2) is 0 Å². The molecule has 6 rings (SSSR count). The first-order valence-corrected chi connectivity index (χ1v) is 21.7. The van der Waals surface area contributed by atoms with E-state index in [2.05, 4.69) is 21.9 Å². The van der Waals surface area contributed by atoms with Crippen molar-refractivity contribution in [1.29, 1.82) is 0 Å². The Morgan fingerprint density at radius 2 is 1.72 bits per heavy atom. The van der Waals surface area contributed by atoms with E-state index < -0.39 is 79.2 Å². The van der Waals surface area contributed by atoms with Crippen molar-refractivity contribution in [3.63, 3.8) is 0 Å². The Morgan fingerprint density at radius 1 is 1.02 bits per heavy atom. The summed E-state index contributed by atoms with van der Waals surface area (Å²) < 4.78 is 51.1. The molecule has 5 atom stereocenters. The highest BCUT2D eigenvalue weighted by Gasteiger charge is 2.63. The molecule has 3 fully saturated rings. The number of hydrogen-bond donors (Lipinski definition) is 3. The molecule has 1 saturated heterocycles. The molecule has 0 spiro atoms. The number of hydrogen-bond acceptors (Lipinski definition) is 11. The number of carbonyl (C=O) groups excluding carboxylic acids is 4. The number of methoxy groups -OCH3 is 2. The van der Waals surface area contributed by atoms with Gasteiger partial charge in [0.1, 0.15) is 40.8 Å². The standard InChI is InChI=1S/C44H57N5O10S/c1-10-28-25-44(28,39(52)48-60(54,55)43(18-19-43)20-21-56-8)47-37(50)34-23-30(26-49(34)38(51)36(41(2,3)4)46-40(53)59-42(5,6)7)58-35-24-32(27-14-12-11-13-15-27)45-33-22-29(57-9)16-17-31(33)35/h10-17,22,24,28,30,34,36H,1,18-21,23,25-26H2,2-9H3,(H,46,53)(H,47,50)(H,48,52). The number of rotatable bonds is 15. The van der Waals surface area contributed by atoms with Gasteiger partial charge in [-0.1, -0.05) is 57.2 Å². The normalized spacial score (nSPS) is 22.6. The van der Waals surface area contributed by atoms with Gasteiger partial charge in [-0.15, -0.1) is 6.58 Å². The van der Waals surface area contributed by atoms with Gasteiger partial charge in [0.2, 0.25) is 21.8 Å². The maximum Gasteiger partial charge on any atom is 0.408 e. The van der Waals surface area contributed by atoms with Crippen LogP contribution in [-0.2, 0) is 33.9 Å². The molecular formula is C44H57N5O10S. The van der Waals surface area contributed by atoms with E-state index in [1.807, 2.05) is 42.5 Å². The fourth-order valence-electron chi connectivity index (χ4n) is 7.69. The second kappa shape index (κ2) is 16.7. The molecule has 2 aromatic carbocycles. The van der Waals surface area contributed by atoms with E-state index in [1.54, 1.807) is 60.8 Å². The van der Waals surface area contributed by atoms with Gasteiger partial charge in [0.05, 0.1) is 29.6 Å². The van der Waals surface area contributed by atoms with E-state index in [0.29, 0.717) is 40.9 Å². The number of carbonyl (C=O) groups is 4. The summed E-state index contributed by atoms with van der Waals surface area (Å²) in [6.07, 6.45) is 1.02. The third-order valence-electron chi connectivity index (χ3n) is 11.4. The number of sulfonamides is 1. The van der Waals surface area contributed by atoms with Gasteiger partial charge in [-0.2, -0.15) is 0 Å². The molecule has 5 unspecified atom stereocenters. The smallest absolute Gasteiger partial charge is 0.408 e. The zero-order chi connectivity index (χ0) is 43.8. The van der Waals surface area contributed by atoms with Gasteiger partial charge in [0, 0.05) is 49.1 Å². The maximum absolute atomic E-state index is 14.8. The molecule has 4 amide bonds. The molecule has 2 heterocycles. The predicted molar refractivity (Wildman–Crippen MR) is 226 cm³/mol. The highest BCUT2D eigenvalue weighted by atomic mass is 32.2. The fraction of sp³-hybridized carbons (Fsp3) is 0.523. The summed E-state index contributed by atoms with van der Waals surface area (Å²) in [5.74, 6) is -1.66. The molecule has 1 aromatic heterocycles. The Labute approximate surface area is 352 Å². The Balaban J connectivity index is 1.34. The van der Waals surface area contributed by atoms with Crippen molar-refractivity contribution in [1.82, 2.24) is 25.2 Å². The molecule has 324 valence electrons. The van der Waals surface area contributed by atoms with Crippen LogP contribution in [0.4, 0.5) is 4.79 Å². The number of benzene rings is 2. The second-order valence-corrected chi connectivity index (χ2v) is 20.1. The lowest BCUT2D eigenvalue weighted by molar-refractivity contribution is -0.143. The van der Waals surface area contributed by atoms with Crippen LogP contribution in [0.5, 0.6) is 11.5 Å². The van der Waals surface area contributed by atoms with Crippen molar-refractivity contribution in [3.8, 4) is 22.8 Å². The summed E-state index contributed by atoms with van der Waals surface area (Å²) in [6, 6.07) is 14.4. The van der Waals surface area contributed by atoms with Gasteiger partial charge < -0.3 is 34.5 Å². The topological polar surface area (TPSA) is 192 Å². The Bertz CT molecular complexity index is 2250. The molecular weight excluding hydrogens is 791 g/mol. The summed E-state index contributed by atoms with van der Waals surface area (Å²) in [4.78, 5) is 62.7. The predicted octanol–water partition coefficient (Wildman–Crippen LogP) is 5.27. The summed E-state index contributed by atoms with van der Waals surface area (Å²) in [5, 5.41) is 6.24. The molecule has 0 bridgehead atoms. The summed E-state index contributed by atoms with van der Waals surface area (Å²) >= 11 is 0. The van der Waals surface area contributed by atoms with E-state index in [1.165, 1.54) is 18.1 Å². The van der Waals surface area contributed by atoms with E-state index in [0.717, 1.165) is 5.56 Å². The summed E-state index contributed by atoms with van der Waals surface area (Å²) in [6.45, 7) is 14.4. The molecule has 3 N–H and O–H groups in total. The third kappa shape index (κ3) is 9.39. The lowest BCUT2D eigenvalue weighted by Crippen LogP contribution is -2.60. The van der Waals surface area contributed by atoms with Crippen molar-refractivity contribution >= 4 is 44.7 Å². The Kier molecular flexibility index (Phi) is 12.3. The molecule has 3 aromatic rings. The number of pyridine rings is 1. The monoisotopic (exact) mass is 847 g/mol. The third-order valence-corrected chi connectivity index (χ3v) is 13.6. The highest BCUT2D eigenvalue weighted by Crippen LogP contribution is 2.49. The van der Waals surface area contributed by atoms with Crippen LogP contribution in [0.25, 0.3) is 22.2 Å². The van der Waals surface area contributed by atoms with E-state index in [-0.39, 0.29) is 32.4 Å². The number of likely N-dealkylation sites (tertiary alicyclic amines) is 1. The molecule has 60 heavy (non-hydrogen) atoms. The Hall–Kier alpha value is -5.22. The second-order valence-electron chi connectivity index (χ2n) is 18.0. The first kappa shape index (κ1) is 44.3. The van der Waals surface area contributed by atoms with Gasteiger partial charge >= 0.3 is 6.09 Å². The van der Waals surface area contributed by atoms with Crippen molar-refractivity contribution in [2.75, 3.05) is 27.4 Å². The number of nitrogens with zero attached hydrogens (tertiary/aromatic N) is 2. The number of nitrogens with one attached hydrogen (secondary N) is 3. The van der Waals surface area contributed by atoms with Gasteiger partial charge in [-0.3, -0.25) is 19.1 Å². The van der Waals surface area contributed by atoms with Crippen LogP contribution in [0.15, 0.2) is 67.3 Å². The van der Waals surface area contributed by atoms with Crippen molar-refractivity contribution in [2.24, 2.45) is 11.3 Å². The molecule has 3 aliphatic rings. The first-order chi connectivity index (χ1) is 28.2. The molecule has 1 aliphatic heterocycles. The zero-order valence-electron chi connectivity index (χ0n) is 35.6. The molecule has 2 saturated carbocycles. The van der Waals surface area contributed by atoms with E-state index in [9.17, 15) is 27.6 Å². The lowest BCUT2D eigenvalue weighted by atomic mass is 9.85. The number of alkyl carbamates (subject to hydrolysis) is 1. The minimum absolute atomic E-state index is 0.00357. The molecule has 16 heteroatoms. The SMILES string of the molecule is C=CC1CC1(NC(=O)C1CC(Oc2cc(-c3ccccc3)nc3cc(OC)ccc23)CN1C(=O)C(NC(=O)OC(C)(C)C)C(C)(C)C)C(=O)NS(=O)(=O)C1(CCOC)CC1. The molecule has 15 nitrogen and oxygen atoms in total. The minimum atomic E-state index is -4.13. The molecule has 0 radical (unpaired) electrons. The number of amides is 4. The zero-order valence-corrected chi connectivity index (χ0v) is 36.4. The van der Waals surface area contributed by atoms with Gasteiger partial charge in [0.25, 0.3) is 5.91 Å².